The number of amidine groups is 1. The zero-order chi connectivity index (χ0) is 28.9. The lowest BCUT2D eigenvalue weighted by Gasteiger charge is -2.48. The molecule has 0 saturated heterocycles. The molecule has 0 bridgehead atoms. The molecule has 6 rings (SSSR count). The Morgan fingerprint density at radius 1 is 1.00 bits per heavy atom. The number of methoxy groups -OCH3 is 2. The van der Waals surface area contributed by atoms with Gasteiger partial charge in [0.2, 0.25) is 5.41 Å². The number of rotatable bonds is 4. The Kier molecular flexibility index (Phi) is 6.81. The Hall–Kier alpha value is -4.18. The Morgan fingerprint density at radius 2 is 1.71 bits per heavy atom. The molecule has 4 aliphatic rings. The Bertz CT molecular complexity index is 1500. The van der Waals surface area contributed by atoms with Gasteiger partial charge in [0, 0.05) is 22.8 Å². The van der Waals surface area contributed by atoms with Crippen LogP contribution in [0.15, 0.2) is 65.4 Å². The number of hydrazone groups is 1. The van der Waals surface area contributed by atoms with E-state index in [1.807, 2.05) is 0 Å². The molecule has 0 unspecified atom stereocenters. The van der Waals surface area contributed by atoms with Gasteiger partial charge in [-0.05, 0) is 49.2 Å². The number of amides is 1. The van der Waals surface area contributed by atoms with Gasteiger partial charge in [-0.15, -0.1) is 0 Å². The van der Waals surface area contributed by atoms with Crippen LogP contribution in [0, 0.1) is 5.41 Å². The van der Waals surface area contributed by atoms with Crippen molar-refractivity contribution in [2.45, 2.75) is 50.3 Å². The van der Waals surface area contributed by atoms with E-state index >= 15 is 0 Å². The second-order valence-corrected chi connectivity index (χ2v) is 10.9. The largest absolute Gasteiger partial charge is 0.483 e. The van der Waals surface area contributed by atoms with E-state index in [0.717, 1.165) is 44.2 Å². The number of hydrogen-bond donors (Lipinski definition) is 0. The fraction of sp³-hybridized carbons (Fsp3) is 0.367. The van der Waals surface area contributed by atoms with Crippen LogP contribution in [0.5, 0.6) is 5.75 Å². The average Bonchev–Trinajstić information content (AvgIpc) is 3.38. The van der Waals surface area contributed by atoms with Crippen LogP contribution in [0.2, 0.25) is 5.02 Å². The summed E-state index contributed by atoms with van der Waals surface area (Å²) in [6, 6.07) is 11.0. The number of esters is 2. The molecule has 0 aromatic heterocycles. The van der Waals surface area contributed by atoms with Crippen LogP contribution in [0.25, 0.3) is 0 Å². The lowest BCUT2D eigenvalue weighted by atomic mass is 9.67. The van der Waals surface area contributed by atoms with Crippen molar-refractivity contribution in [2.24, 2.45) is 10.5 Å². The molecule has 2 aromatic carbocycles. The van der Waals surface area contributed by atoms with E-state index in [0.29, 0.717) is 10.6 Å². The molecule has 1 saturated carbocycles. The quantitative estimate of drug-likeness (QED) is 0.501. The van der Waals surface area contributed by atoms with E-state index < -0.39 is 35.4 Å². The predicted molar refractivity (Wildman–Crippen MR) is 147 cm³/mol. The summed E-state index contributed by atoms with van der Waals surface area (Å²) in [6.45, 7) is 0. The Balaban J connectivity index is 1.61. The van der Waals surface area contributed by atoms with Crippen molar-refractivity contribution >= 4 is 41.1 Å². The standard InChI is InChI=1S/C30H28ClN3O7/c1-39-27(37)24-30(29(38)40-2)25-21(23(35)20-10-6-7-11-22(20)41-25)16-33(19-8-4-3-5-9-19)28(30)32-34(24)26(36)17-12-14-18(31)15-13-17/h6-7,10-16,19,24-25H,3-5,8-9H2,1-2H3/t24-,25+,30+/m1/s1. The summed E-state index contributed by atoms with van der Waals surface area (Å²) in [5.41, 5.74) is -1.34. The molecule has 11 heteroatoms. The van der Waals surface area contributed by atoms with E-state index in [2.05, 4.69) is 5.10 Å². The molecule has 1 amide bonds. The molecule has 3 atom stereocenters. The zero-order valence-electron chi connectivity index (χ0n) is 22.5. The molecule has 212 valence electrons. The van der Waals surface area contributed by atoms with Gasteiger partial charge in [0.25, 0.3) is 5.91 Å². The van der Waals surface area contributed by atoms with E-state index in [9.17, 15) is 19.2 Å². The lowest BCUT2D eigenvalue weighted by Crippen LogP contribution is -2.68. The molecule has 0 spiro atoms. The first kappa shape index (κ1) is 27.0. The highest BCUT2D eigenvalue weighted by Gasteiger charge is 2.72. The summed E-state index contributed by atoms with van der Waals surface area (Å²) in [5, 5.41) is 6.07. The van der Waals surface area contributed by atoms with Gasteiger partial charge in [0.15, 0.2) is 23.8 Å². The summed E-state index contributed by atoms with van der Waals surface area (Å²) >= 11 is 6.05. The fourth-order valence-corrected chi connectivity index (χ4v) is 6.51. The summed E-state index contributed by atoms with van der Waals surface area (Å²) in [5.74, 6) is -2.42. The third-order valence-corrected chi connectivity index (χ3v) is 8.57. The van der Waals surface area contributed by atoms with Crippen LogP contribution < -0.4 is 4.74 Å². The van der Waals surface area contributed by atoms with Gasteiger partial charge < -0.3 is 19.1 Å². The third-order valence-electron chi connectivity index (χ3n) is 8.32. The number of carbonyl (C=O) groups excluding carboxylic acids is 4. The molecule has 2 aromatic rings. The van der Waals surface area contributed by atoms with E-state index in [4.69, 9.17) is 25.8 Å². The van der Waals surface area contributed by atoms with Gasteiger partial charge in [0.1, 0.15) is 5.75 Å². The highest BCUT2D eigenvalue weighted by Crippen LogP contribution is 2.51. The summed E-state index contributed by atoms with van der Waals surface area (Å²) in [6.07, 6.45) is 4.82. The third kappa shape index (κ3) is 4.03. The summed E-state index contributed by atoms with van der Waals surface area (Å²) in [4.78, 5) is 57.5. The van der Waals surface area contributed by atoms with Gasteiger partial charge in [-0.3, -0.25) is 14.4 Å². The number of hydrogen-bond acceptors (Lipinski definition) is 9. The van der Waals surface area contributed by atoms with Crippen molar-refractivity contribution in [3.63, 3.8) is 0 Å². The van der Waals surface area contributed by atoms with E-state index in [-0.39, 0.29) is 34.5 Å². The highest BCUT2D eigenvalue weighted by molar-refractivity contribution is 6.30. The number of Topliss-reactive ketones (excluding diaryl/α,β-unsaturated/α-hetero) is 1. The Labute approximate surface area is 241 Å². The average molecular weight is 578 g/mol. The number of fused-ring (bicyclic) bond motifs is 4. The number of halogens is 1. The van der Waals surface area contributed by atoms with Crippen LogP contribution in [0.1, 0.15) is 52.8 Å². The maximum Gasteiger partial charge on any atom is 0.332 e. The number of ether oxygens (including phenoxy) is 3. The molecular weight excluding hydrogens is 550 g/mol. The minimum atomic E-state index is -2.03. The van der Waals surface area contributed by atoms with E-state index in [1.165, 1.54) is 19.2 Å². The second-order valence-electron chi connectivity index (χ2n) is 10.5. The predicted octanol–water partition coefficient (Wildman–Crippen LogP) is 3.99. The van der Waals surface area contributed by atoms with Gasteiger partial charge in [-0.2, -0.15) is 5.10 Å². The van der Waals surface area contributed by atoms with Crippen LogP contribution in [-0.2, 0) is 19.1 Å². The monoisotopic (exact) mass is 577 g/mol. The highest BCUT2D eigenvalue weighted by atomic mass is 35.5. The number of nitrogens with zero attached hydrogens (tertiary/aromatic N) is 3. The zero-order valence-corrected chi connectivity index (χ0v) is 23.3. The SMILES string of the molecule is COC(=O)[C@H]1N(C(=O)c2ccc(Cl)cc2)N=C2N(C3CCCCC3)C=C3C(=O)c4ccccc4O[C@@H]3[C@]21C(=O)OC. The summed E-state index contributed by atoms with van der Waals surface area (Å²) in [7, 11) is 2.35. The molecule has 10 nitrogen and oxygen atoms in total. The molecule has 0 radical (unpaired) electrons. The van der Waals surface area contributed by atoms with Gasteiger partial charge in [0.05, 0.1) is 25.4 Å². The van der Waals surface area contributed by atoms with Crippen molar-refractivity contribution in [1.82, 2.24) is 9.91 Å². The first-order valence-electron chi connectivity index (χ1n) is 13.5. The molecule has 3 aliphatic heterocycles. The summed E-state index contributed by atoms with van der Waals surface area (Å²) < 4.78 is 16.9. The fourth-order valence-electron chi connectivity index (χ4n) is 6.38. The molecule has 1 aliphatic carbocycles. The smallest absolute Gasteiger partial charge is 0.332 e. The Morgan fingerprint density at radius 3 is 2.39 bits per heavy atom. The normalized spacial score (nSPS) is 25.2. The van der Waals surface area contributed by atoms with Crippen molar-refractivity contribution in [3.8, 4) is 5.75 Å². The molecule has 3 heterocycles. The second kappa shape index (κ2) is 10.3. The molecule has 0 N–H and O–H groups in total. The van der Waals surface area contributed by atoms with Crippen LogP contribution in [-0.4, -0.2) is 71.8 Å². The van der Waals surface area contributed by atoms with E-state index in [1.54, 1.807) is 47.5 Å². The van der Waals surface area contributed by atoms with Gasteiger partial charge in [-0.25, -0.2) is 9.80 Å². The minimum absolute atomic E-state index is 0.106. The topological polar surface area (TPSA) is 115 Å². The first-order chi connectivity index (χ1) is 19.8. The molecule has 41 heavy (non-hydrogen) atoms. The first-order valence-corrected chi connectivity index (χ1v) is 13.9. The van der Waals surface area contributed by atoms with Crippen LogP contribution >= 0.6 is 11.6 Å². The van der Waals surface area contributed by atoms with Crippen molar-refractivity contribution < 1.29 is 33.4 Å². The van der Waals surface area contributed by atoms with Gasteiger partial charge in [-0.1, -0.05) is 43.0 Å². The van der Waals surface area contributed by atoms with Crippen molar-refractivity contribution in [1.29, 1.82) is 0 Å². The molecule has 1 fully saturated rings. The van der Waals surface area contributed by atoms with Crippen LogP contribution in [0.4, 0.5) is 0 Å². The lowest BCUT2D eigenvalue weighted by molar-refractivity contribution is -0.165. The maximum atomic E-state index is 14.1. The van der Waals surface area contributed by atoms with Crippen LogP contribution in [0.3, 0.4) is 0 Å². The number of carbonyl (C=O) groups is 4. The van der Waals surface area contributed by atoms with Gasteiger partial charge >= 0.3 is 11.9 Å². The minimum Gasteiger partial charge on any atom is -0.483 e. The molecular formula is C30H28ClN3O7. The van der Waals surface area contributed by atoms with Crippen molar-refractivity contribution in [3.05, 3.63) is 76.5 Å². The number of ketones is 1. The van der Waals surface area contributed by atoms with Crippen molar-refractivity contribution in [2.75, 3.05) is 14.2 Å². The maximum absolute atomic E-state index is 14.1. The number of benzene rings is 2. The number of para-hydroxylation sites is 1.